The third-order valence-electron chi connectivity index (χ3n) is 4.32. The van der Waals surface area contributed by atoms with Crippen LogP contribution in [0.2, 0.25) is 5.02 Å². The molecule has 0 aliphatic carbocycles. The molecule has 0 bridgehead atoms. The van der Waals surface area contributed by atoms with Crippen LogP contribution in [0.25, 0.3) is 0 Å². The molecule has 3 nitrogen and oxygen atoms in total. The van der Waals surface area contributed by atoms with E-state index in [1.165, 1.54) is 4.88 Å². The SMILES string of the molecule is OC[C@]12CCOC[C@H]1CN(Cc1sccc1Cl)C2. The first-order valence-corrected chi connectivity index (χ1v) is 7.62. The van der Waals surface area contributed by atoms with Crippen LogP contribution in [0.4, 0.5) is 0 Å². The third kappa shape index (κ3) is 2.21. The van der Waals surface area contributed by atoms with Gasteiger partial charge in [-0.15, -0.1) is 11.3 Å². The largest absolute Gasteiger partial charge is 0.396 e. The van der Waals surface area contributed by atoms with E-state index in [2.05, 4.69) is 4.90 Å². The van der Waals surface area contributed by atoms with E-state index in [0.29, 0.717) is 5.92 Å². The number of likely N-dealkylation sites (tertiary alicyclic amines) is 1. The van der Waals surface area contributed by atoms with Gasteiger partial charge < -0.3 is 9.84 Å². The van der Waals surface area contributed by atoms with Gasteiger partial charge in [-0.1, -0.05) is 11.6 Å². The second-order valence-corrected chi connectivity index (χ2v) is 6.81. The van der Waals surface area contributed by atoms with Crippen molar-refractivity contribution >= 4 is 22.9 Å². The summed E-state index contributed by atoms with van der Waals surface area (Å²) in [6.45, 7) is 4.71. The van der Waals surface area contributed by atoms with Crippen LogP contribution in [0.1, 0.15) is 11.3 Å². The lowest BCUT2D eigenvalue weighted by Crippen LogP contribution is -2.41. The highest BCUT2D eigenvalue weighted by atomic mass is 35.5. The number of rotatable bonds is 3. The molecule has 0 amide bonds. The Hall–Kier alpha value is -0.130. The normalized spacial score (nSPS) is 32.7. The number of hydrogen-bond donors (Lipinski definition) is 1. The maximum Gasteiger partial charge on any atom is 0.0558 e. The van der Waals surface area contributed by atoms with Gasteiger partial charge in [-0.05, 0) is 17.9 Å². The number of ether oxygens (including phenoxy) is 1. The summed E-state index contributed by atoms with van der Waals surface area (Å²) in [7, 11) is 0. The van der Waals surface area contributed by atoms with Crippen LogP contribution in [0.5, 0.6) is 0 Å². The zero-order chi connectivity index (χ0) is 12.6. The molecule has 0 radical (unpaired) electrons. The second kappa shape index (κ2) is 5.10. The van der Waals surface area contributed by atoms with Crippen molar-refractivity contribution in [2.24, 2.45) is 11.3 Å². The minimum Gasteiger partial charge on any atom is -0.396 e. The van der Waals surface area contributed by atoms with Crippen molar-refractivity contribution in [2.75, 3.05) is 32.9 Å². The van der Waals surface area contributed by atoms with E-state index < -0.39 is 0 Å². The lowest BCUT2D eigenvalue weighted by Gasteiger charge is -2.36. The Morgan fingerprint density at radius 2 is 2.50 bits per heavy atom. The molecule has 5 heteroatoms. The molecule has 2 aliphatic rings. The molecule has 3 heterocycles. The van der Waals surface area contributed by atoms with Gasteiger partial charge in [-0.25, -0.2) is 0 Å². The van der Waals surface area contributed by atoms with Gasteiger partial charge in [0.1, 0.15) is 0 Å². The zero-order valence-corrected chi connectivity index (χ0v) is 11.8. The number of hydrogen-bond acceptors (Lipinski definition) is 4. The summed E-state index contributed by atoms with van der Waals surface area (Å²) in [6.07, 6.45) is 0.975. The molecule has 1 aromatic heterocycles. The highest BCUT2D eigenvalue weighted by molar-refractivity contribution is 7.10. The first-order valence-electron chi connectivity index (χ1n) is 6.36. The standard InChI is InChI=1S/C13H18ClNO2S/c14-11-1-4-18-12(11)6-15-5-10-7-17-3-2-13(10,8-15)9-16/h1,4,10,16H,2-3,5-9H2/t10-,13-/m1/s1. The fourth-order valence-electron chi connectivity index (χ4n) is 3.18. The molecule has 2 saturated heterocycles. The molecular formula is C13H18ClNO2S. The van der Waals surface area contributed by atoms with Crippen molar-refractivity contribution in [2.45, 2.75) is 13.0 Å². The Morgan fingerprint density at radius 1 is 1.61 bits per heavy atom. The summed E-state index contributed by atoms with van der Waals surface area (Å²) in [5.74, 6) is 0.468. The molecule has 3 rings (SSSR count). The average molecular weight is 288 g/mol. The molecule has 2 atom stereocenters. The van der Waals surface area contributed by atoms with Crippen molar-refractivity contribution in [3.63, 3.8) is 0 Å². The molecular weight excluding hydrogens is 270 g/mol. The van der Waals surface area contributed by atoms with Crippen LogP contribution in [0.15, 0.2) is 11.4 Å². The van der Waals surface area contributed by atoms with Crippen LogP contribution in [-0.2, 0) is 11.3 Å². The lowest BCUT2D eigenvalue weighted by atomic mass is 9.75. The highest BCUT2D eigenvalue weighted by Gasteiger charge is 2.47. The summed E-state index contributed by atoms with van der Waals surface area (Å²) in [5, 5.41) is 12.6. The van der Waals surface area contributed by atoms with E-state index in [-0.39, 0.29) is 12.0 Å². The Labute approximate surface area is 116 Å². The summed E-state index contributed by atoms with van der Waals surface area (Å²) in [4.78, 5) is 3.64. The van der Waals surface area contributed by atoms with E-state index in [9.17, 15) is 5.11 Å². The number of aliphatic hydroxyl groups is 1. The van der Waals surface area contributed by atoms with E-state index in [0.717, 1.165) is 44.3 Å². The van der Waals surface area contributed by atoms with E-state index >= 15 is 0 Å². The number of fused-ring (bicyclic) bond motifs is 1. The third-order valence-corrected chi connectivity index (χ3v) is 5.69. The fourth-order valence-corrected chi connectivity index (χ4v) is 4.31. The number of nitrogens with zero attached hydrogens (tertiary/aromatic N) is 1. The first kappa shape index (κ1) is 12.9. The zero-order valence-electron chi connectivity index (χ0n) is 10.3. The smallest absolute Gasteiger partial charge is 0.0558 e. The van der Waals surface area contributed by atoms with Crippen LogP contribution in [0.3, 0.4) is 0 Å². The molecule has 0 saturated carbocycles. The van der Waals surface area contributed by atoms with Gasteiger partial charge in [0.05, 0.1) is 18.2 Å². The van der Waals surface area contributed by atoms with Gasteiger partial charge in [0.15, 0.2) is 0 Å². The van der Waals surface area contributed by atoms with Crippen LogP contribution in [-0.4, -0.2) is 42.9 Å². The number of aliphatic hydroxyl groups excluding tert-OH is 1. The van der Waals surface area contributed by atoms with Crippen molar-refractivity contribution in [1.82, 2.24) is 4.90 Å². The molecule has 18 heavy (non-hydrogen) atoms. The van der Waals surface area contributed by atoms with Gasteiger partial charge in [-0.3, -0.25) is 4.90 Å². The minimum absolute atomic E-state index is 0.0575. The van der Waals surface area contributed by atoms with Crippen molar-refractivity contribution in [3.8, 4) is 0 Å². The average Bonchev–Trinajstić information content (AvgIpc) is 2.94. The maximum absolute atomic E-state index is 9.74. The van der Waals surface area contributed by atoms with Gasteiger partial charge in [0.25, 0.3) is 0 Å². The predicted octanol–water partition coefficient (Wildman–Crippen LogP) is 2.23. The Balaban J connectivity index is 1.71. The molecule has 1 N–H and O–H groups in total. The number of thiophene rings is 1. The number of halogens is 1. The molecule has 2 fully saturated rings. The fraction of sp³-hybridized carbons (Fsp3) is 0.692. The lowest BCUT2D eigenvalue weighted by molar-refractivity contribution is -0.0417. The Bertz CT molecular complexity index is 425. The van der Waals surface area contributed by atoms with Gasteiger partial charge in [0.2, 0.25) is 0 Å². The Kier molecular flexibility index (Phi) is 3.65. The first-order chi connectivity index (χ1) is 8.73. The van der Waals surface area contributed by atoms with E-state index in [1.54, 1.807) is 11.3 Å². The maximum atomic E-state index is 9.74. The molecule has 1 aromatic rings. The topological polar surface area (TPSA) is 32.7 Å². The van der Waals surface area contributed by atoms with Crippen molar-refractivity contribution in [1.29, 1.82) is 0 Å². The molecule has 0 unspecified atom stereocenters. The van der Waals surface area contributed by atoms with E-state index in [1.807, 2.05) is 11.4 Å². The van der Waals surface area contributed by atoms with Crippen molar-refractivity contribution < 1.29 is 9.84 Å². The van der Waals surface area contributed by atoms with Crippen molar-refractivity contribution in [3.05, 3.63) is 21.3 Å². The van der Waals surface area contributed by atoms with Crippen LogP contribution in [0, 0.1) is 11.3 Å². The molecule has 2 aliphatic heterocycles. The van der Waals surface area contributed by atoms with Gasteiger partial charge in [0, 0.05) is 42.5 Å². The quantitative estimate of drug-likeness (QED) is 0.925. The summed E-state index contributed by atoms with van der Waals surface area (Å²) in [6, 6.07) is 1.95. The van der Waals surface area contributed by atoms with Gasteiger partial charge >= 0.3 is 0 Å². The molecule has 0 aromatic carbocycles. The molecule has 0 spiro atoms. The summed E-state index contributed by atoms with van der Waals surface area (Å²) >= 11 is 7.86. The van der Waals surface area contributed by atoms with Gasteiger partial charge in [-0.2, -0.15) is 0 Å². The van der Waals surface area contributed by atoms with Crippen LogP contribution < -0.4 is 0 Å². The monoisotopic (exact) mass is 287 g/mol. The molecule has 100 valence electrons. The Morgan fingerprint density at radius 3 is 3.17 bits per heavy atom. The second-order valence-electron chi connectivity index (χ2n) is 5.40. The minimum atomic E-state index is 0.0575. The summed E-state index contributed by atoms with van der Waals surface area (Å²) in [5.41, 5.74) is 0.0575. The predicted molar refractivity (Wildman–Crippen MR) is 73.1 cm³/mol. The van der Waals surface area contributed by atoms with E-state index in [4.69, 9.17) is 16.3 Å². The summed E-state index contributed by atoms with van der Waals surface area (Å²) < 4.78 is 5.56. The van der Waals surface area contributed by atoms with Crippen LogP contribution >= 0.6 is 22.9 Å². The highest BCUT2D eigenvalue weighted by Crippen LogP contribution is 2.42.